The van der Waals surface area contributed by atoms with E-state index in [1.807, 2.05) is 11.9 Å². The van der Waals surface area contributed by atoms with E-state index in [1.165, 1.54) is 7.11 Å². The number of likely N-dealkylation sites (N-methyl/N-ethyl adjacent to an activating group) is 1. The highest BCUT2D eigenvalue weighted by molar-refractivity contribution is 5.94. The van der Waals surface area contributed by atoms with E-state index >= 15 is 0 Å². The topological polar surface area (TPSA) is 68.5 Å². The maximum atomic E-state index is 11.4. The highest BCUT2D eigenvalue weighted by Crippen LogP contribution is 2.15. The smallest absolute Gasteiger partial charge is 0.341 e. The zero-order chi connectivity index (χ0) is 11.3. The van der Waals surface area contributed by atoms with Crippen LogP contribution in [0.25, 0.3) is 0 Å². The van der Waals surface area contributed by atoms with Crippen molar-refractivity contribution < 1.29 is 9.53 Å². The second-order valence-corrected chi connectivity index (χ2v) is 3.08. The van der Waals surface area contributed by atoms with Crippen LogP contribution in [0.5, 0.6) is 0 Å². The first-order chi connectivity index (χ1) is 7.20. The Bertz CT molecular complexity index is 341. The quantitative estimate of drug-likeness (QED) is 0.720. The monoisotopic (exact) mass is 209 g/mol. The molecule has 1 heterocycles. The number of anilines is 1. The summed E-state index contributed by atoms with van der Waals surface area (Å²) in [6, 6.07) is 3.38. The minimum atomic E-state index is -0.387. The molecule has 0 aromatic carbocycles. The SMILES string of the molecule is COC(=O)c1cccnc1N(C)CCN. The van der Waals surface area contributed by atoms with Crippen LogP contribution in [-0.2, 0) is 4.74 Å². The molecule has 0 aliphatic heterocycles. The molecule has 0 atom stereocenters. The Morgan fingerprint density at radius 3 is 3.00 bits per heavy atom. The predicted molar refractivity (Wildman–Crippen MR) is 57.9 cm³/mol. The van der Waals surface area contributed by atoms with Crippen LogP contribution in [0, 0.1) is 0 Å². The standard InChI is InChI=1S/C10H15N3O2/c1-13(7-5-11)9-8(10(14)15-2)4-3-6-12-9/h3-4,6H,5,7,11H2,1-2H3. The molecule has 0 bridgehead atoms. The highest BCUT2D eigenvalue weighted by Gasteiger charge is 2.14. The number of hydrogen-bond acceptors (Lipinski definition) is 5. The Morgan fingerprint density at radius 2 is 2.40 bits per heavy atom. The summed E-state index contributed by atoms with van der Waals surface area (Å²) in [5.74, 6) is 0.205. The van der Waals surface area contributed by atoms with Crippen LogP contribution in [-0.4, -0.2) is 38.2 Å². The number of carbonyl (C=O) groups excluding carboxylic acids is 1. The zero-order valence-electron chi connectivity index (χ0n) is 8.93. The van der Waals surface area contributed by atoms with Crippen molar-refractivity contribution in [1.29, 1.82) is 0 Å². The van der Waals surface area contributed by atoms with Gasteiger partial charge >= 0.3 is 5.97 Å². The maximum Gasteiger partial charge on any atom is 0.341 e. The minimum absolute atomic E-state index is 0.387. The fraction of sp³-hybridized carbons (Fsp3) is 0.400. The summed E-state index contributed by atoms with van der Waals surface area (Å²) in [6.45, 7) is 1.15. The van der Waals surface area contributed by atoms with Gasteiger partial charge in [0.05, 0.1) is 7.11 Å². The zero-order valence-corrected chi connectivity index (χ0v) is 8.93. The Hall–Kier alpha value is -1.62. The van der Waals surface area contributed by atoms with Gasteiger partial charge in [0.25, 0.3) is 0 Å². The third-order valence-corrected chi connectivity index (χ3v) is 2.02. The van der Waals surface area contributed by atoms with Gasteiger partial charge in [-0.3, -0.25) is 0 Å². The summed E-state index contributed by atoms with van der Waals surface area (Å²) >= 11 is 0. The lowest BCUT2D eigenvalue weighted by Crippen LogP contribution is -2.27. The first kappa shape index (κ1) is 11.5. The van der Waals surface area contributed by atoms with Crippen LogP contribution < -0.4 is 10.6 Å². The molecule has 0 aliphatic carbocycles. The number of nitrogens with two attached hydrogens (primary N) is 1. The van der Waals surface area contributed by atoms with E-state index in [0.717, 1.165) is 0 Å². The number of pyridine rings is 1. The molecule has 2 N–H and O–H groups in total. The number of hydrogen-bond donors (Lipinski definition) is 1. The summed E-state index contributed by atoms with van der Waals surface area (Å²) in [7, 11) is 3.18. The van der Waals surface area contributed by atoms with Gasteiger partial charge in [-0.15, -0.1) is 0 Å². The molecule has 0 unspecified atom stereocenters. The molecular weight excluding hydrogens is 194 g/mol. The minimum Gasteiger partial charge on any atom is -0.465 e. The van der Waals surface area contributed by atoms with E-state index in [0.29, 0.717) is 24.5 Å². The van der Waals surface area contributed by atoms with Crippen molar-refractivity contribution in [1.82, 2.24) is 4.98 Å². The maximum absolute atomic E-state index is 11.4. The number of nitrogens with zero attached hydrogens (tertiary/aromatic N) is 2. The average Bonchev–Trinajstić information content (AvgIpc) is 2.28. The van der Waals surface area contributed by atoms with E-state index in [-0.39, 0.29) is 5.97 Å². The lowest BCUT2D eigenvalue weighted by atomic mass is 10.2. The molecule has 82 valence electrons. The first-order valence-electron chi connectivity index (χ1n) is 4.65. The molecule has 0 fully saturated rings. The Morgan fingerprint density at radius 1 is 1.67 bits per heavy atom. The molecule has 0 saturated carbocycles. The number of carbonyl (C=O) groups is 1. The highest BCUT2D eigenvalue weighted by atomic mass is 16.5. The van der Waals surface area contributed by atoms with E-state index in [1.54, 1.807) is 18.3 Å². The molecule has 5 nitrogen and oxygen atoms in total. The molecular formula is C10H15N3O2. The molecule has 0 aliphatic rings. The molecule has 0 amide bonds. The number of rotatable bonds is 4. The van der Waals surface area contributed by atoms with Crippen molar-refractivity contribution in [2.24, 2.45) is 5.73 Å². The van der Waals surface area contributed by atoms with Crippen LogP contribution in [0.2, 0.25) is 0 Å². The lowest BCUT2D eigenvalue weighted by molar-refractivity contribution is 0.0601. The Labute approximate surface area is 88.9 Å². The van der Waals surface area contributed by atoms with Gasteiger partial charge in [0, 0.05) is 26.3 Å². The summed E-state index contributed by atoms with van der Waals surface area (Å²) in [4.78, 5) is 17.4. The van der Waals surface area contributed by atoms with Gasteiger partial charge in [0.2, 0.25) is 0 Å². The van der Waals surface area contributed by atoms with Crippen molar-refractivity contribution in [2.75, 3.05) is 32.1 Å². The second-order valence-electron chi connectivity index (χ2n) is 3.08. The molecule has 1 rings (SSSR count). The molecule has 0 saturated heterocycles. The van der Waals surface area contributed by atoms with Crippen LogP contribution >= 0.6 is 0 Å². The summed E-state index contributed by atoms with van der Waals surface area (Å²) in [5.41, 5.74) is 5.89. The van der Waals surface area contributed by atoms with Crippen LogP contribution in [0.1, 0.15) is 10.4 Å². The van der Waals surface area contributed by atoms with Gasteiger partial charge in [0.1, 0.15) is 11.4 Å². The largest absolute Gasteiger partial charge is 0.465 e. The van der Waals surface area contributed by atoms with Crippen molar-refractivity contribution in [3.63, 3.8) is 0 Å². The van der Waals surface area contributed by atoms with Crippen molar-refractivity contribution in [3.8, 4) is 0 Å². The molecule has 15 heavy (non-hydrogen) atoms. The van der Waals surface area contributed by atoms with Gasteiger partial charge in [-0.1, -0.05) is 0 Å². The van der Waals surface area contributed by atoms with Gasteiger partial charge in [-0.05, 0) is 12.1 Å². The summed E-state index contributed by atoms with van der Waals surface area (Å²) in [5, 5.41) is 0. The molecule has 1 aromatic rings. The van der Waals surface area contributed by atoms with Crippen LogP contribution in [0.15, 0.2) is 18.3 Å². The Balaban J connectivity index is 3.00. The van der Waals surface area contributed by atoms with E-state index in [4.69, 9.17) is 5.73 Å². The summed E-state index contributed by atoms with van der Waals surface area (Å²) in [6.07, 6.45) is 1.63. The number of aromatic nitrogens is 1. The third-order valence-electron chi connectivity index (χ3n) is 2.02. The second kappa shape index (κ2) is 5.31. The van der Waals surface area contributed by atoms with Gasteiger partial charge in [-0.25, -0.2) is 9.78 Å². The number of methoxy groups -OCH3 is 1. The molecule has 0 radical (unpaired) electrons. The third kappa shape index (κ3) is 2.66. The predicted octanol–water partition coefficient (Wildman–Crippen LogP) is 0.263. The van der Waals surface area contributed by atoms with Gasteiger partial charge in [0.15, 0.2) is 0 Å². The number of ether oxygens (including phenoxy) is 1. The normalized spacial score (nSPS) is 9.80. The number of esters is 1. The fourth-order valence-electron chi connectivity index (χ4n) is 1.27. The van der Waals surface area contributed by atoms with Gasteiger partial charge < -0.3 is 15.4 Å². The fourth-order valence-corrected chi connectivity index (χ4v) is 1.27. The molecule has 0 spiro atoms. The summed E-state index contributed by atoms with van der Waals surface area (Å²) < 4.78 is 4.67. The van der Waals surface area contributed by atoms with Crippen LogP contribution in [0.4, 0.5) is 5.82 Å². The lowest BCUT2D eigenvalue weighted by Gasteiger charge is -2.18. The molecule has 5 heteroatoms. The van der Waals surface area contributed by atoms with Crippen molar-refractivity contribution in [2.45, 2.75) is 0 Å². The van der Waals surface area contributed by atoms with Crippen LogP contribution in [0.3, 0.4) is 0 Å². The van der Waals surface area contributed by atoms with E-state index in [2.05, 4.69) is 9.72 Å². The van der Waals surface area contributed by atoms with E-state index < -0.39 is 0 Å². The van der Waals surface area contributed by atoms with Crippen molar-refractivity contribution in [3.05, 3.63) is 23.9 Å². The van der Waals surface area contributed by atoms with E-state index in [9.17, 15) is 4.79 Å². The molecule has 1 aromatic heterocycles. The first-order valence-corrected chi connectivity index (χ1v) is 4.65. The van der Waals surface area contributed by atoms with Gasteiger partial charge in [-0.2, -0.15) is 0 Å². The van der Waals surface area contributed by atoms with Crippen molar-refractivity contribution >= 4 is 11.8 Å². The average molecular weight is 209 g/mol. The Kier molecular flexibility index (Phi) is 4.05.